The van der Waals surface area contributed by atoms with Crippen LogP contribution in [0.4, 0.5) is 0 Å². The third kappa shape index (κ3) is 11.1. The van der Waals surface area contributed by atoms with Crippen LogP contribution in [-0.4, -0.2) is 97.7 Å². The van der Waals surface area contributed by atoms with Gasteiger partial charge in [0.05, 0.1) is 37.6 Å². The number of carbonyl (C=O) groups is 1. The van der Waals surface area contributed by atoms with E-state index in [0.29, 0.717) is 44.5 Å². The standard InChI is InChI=1S/C15H20O4.C10H19NO4/c1-2-11-3-5-12(6-4-11)15(17)19-10-14-9-13(16)7-8-18-14;1-11(2)6-10(13)15-7-9-5-8(12)3-4-14-9/h2-6,13-17H,1,7-10H2;8-9,12H,3-7H2,1-2H3. The number of carbonyl (C=O) groups excluding carboxylic acids is 1. The summed E-state index contributed by atoms with van der Waals surface area (Å²) in [6.45, 7) is 5.55. The summed E-state index contributed by atoms with van der Waals surface area (Å²) < 4.78 is 21.2. The molecular formula is C25H39NO8. The van der Waals surface area contributed by atoms with Crippen molar-refractivity contribution in [2.24, 2.45) is 0 Å². The second-order valence-corrected chi connectivity index (χ2v) is 8.82. The minimum absolute atomic E-state index is 0.147. The van der Waals surface area contributed by atoms with Crippen molar-refractivity contribution >= 4 is 12.0 Å². The molecule has 0 bridgehead atoms. The van der Waals surface area contributed by atoms with E-state index in [9.17, 15) is 20.1 Å². The summed E-state index contributed by atoms with van der Waals surface area (Å²) in [5.74, 6) is -0.260. The topological polar surface area (TPSA) is 118 Å². The Balaban J connectivity index is 0.000000248. The fourth-order valence-corrected chi connectivity index (χ4v) is 3.53. The molecule has 0 aliphatic carbocycles. The Kier molecular flexibility index (Phi) is 12.7. The number of esters is 1. The van der Waals surface area contributed by atoms with Crippen molar-refractivity contribution in [2.45, 2.75) is 56.4 Å². The number of rotatable bonds is 9. The van der Waals surface area contributed by atoms with Gasteiger partial charge in [0.25, 0.3) is 0 Å². The lowest BCUT2D eigenvalue weighted by Gasteiger charge is -2.27. The molecule has 9 nitrogen and oxygen atoms in total. The molecule has 1 aromatic carbocycles. The summed E-state index contributed by atoms with van der Waals surface area (Å²) in [7, 11) is 3.62. The van der Waals surface area contributed by atoms with Crippen LogP contribution < -0.4 is 0 Å². The summed E-state index contributed by atoms with van der Waals surface area (Å²) in [6.07, 6.45) is 2.27. The Morgan fingerprint density at radius 1 is 1.09 bits per heavy atom. The zero-order valence-corrected chi connectivity index (χ0v) is 20.2. The van der Waals surface area contributed by atoms with Crippen LogP contribution in [0.25, 0.3) is 6.08 Å². The van der Waals surface area contributed by atoms with Crippen LogP contribution in [0.1, 0.15) is 43.1 Å². The maximum Gasteiger partial charge on any atom is 0.320 e. The number of aliphatic hydroxyl groups is 3. The first-order valence-corrected chi connectivity index (χ1v) is 11.7. The average Bonchev–Trinajstić information content (AvgIpc) is 2.81. The molecule has 0 radical (unpaired) electrons. The lowest BCUT2D eigenvalue weighted by Crippen LogP contribution is -2.34. The zero-order chi connectivity index (χ0) is 24.9. The number of hydrogen-bond acceptors (Lipinski definition) is 9. The Morgan fingerprint density at radius 3 is 2.15 bits per heavy atom. The largest absolute Gasteiger partial charge is 0.462 e. The minimum atomic E-state index is -0.971. The molecule has 0 aromatic heterocycles. The molecule has 2 aliphatic heterocycles. The average molecular weight is 482 g/mol. The van der Waals surface area contributed by atoms with Gasteiger partial charge >= 0.3 is 5.97 Å². The monoisotopic (exact) mass is 481 g/mol. The molecule has 1 aromatic rings. The SMILES string of the molecule is C=Cc1ccc(C(O)OCC2CC(O)CCO2)cc1.CN(C)CC(=O)OCC1CC(O)CCO1. The van der Waals surface area contributed by atoms with Crippen molar-refractivity contribution in [1.29, 1.82) is 0 Å². The van der Waals surface area contributed by atoms with Crippen LogP contribution in [0.3, 0.4) is 0 Å². The highest BCUT2D eigenvalue weighted by Gasteiger charge is 2.23. The van der Waals surface area contributed by atoms with E-state index < -0.39 is 6.29 Å². The van der Waals surface area contributed by atoms with Gasteiger partial charge in [0.2, 0.25) is 0 Å². The van der Waals surface area contributed by atoms with E-state index in [2.05, 4.69) is 6.58 Å². The lowest BCUT2D eigenvalue weighted by atomic mass is 10.1. The molecule has 9 heteroatoms. The highest BCUT2D eigenvalue weighted by molar-refractivity contribution is 5.71. The first-order chi connectivity index (χ1) is 16.3. The summed E-state index contributed by atoms with van der Waals surface area (Å²) >= 11 is 0. The highest BCUT2D eigenvalue weighted by Crippen LogP contribution is 2.19. The second-order valence-electron chi connectivity index (χ2n) is 8.82. The molecule has 2 aliphatic rings. The van der Waals surface area contributed by atoms with Crippen molar-refractivity contribution in [3.8, 4) is 0 Å². The van der Waals surface area contributed by atoms with Gasteiger partial charge < -0.3 is 34.3 Å². The van der Waals surface area contributed by atoms with E-state index in [1.165, 1.54) is 0 Å². The van der Waals surface area contributed by atoms with Crippen molar-refractivity contribution in [3.63, 3.8) is 0 Å². The smallest absolute Gasteiger partial charge is 0.320 e. The Morgan fingerprint density at radius 2 is 1.65 bits per heavy atom. The highest BCUT2D eigenvalue weighted by atomic mass is 16.6. The molecular weight excluding hydrogens is 442 g/mol. The predicted octanol–water partition coefficient (Wildman–Crippen LogP) is 1.51. The molecule has 2 fully saturated rings. The van der Waals surface area contributed by atoms with Crippen LogP contribution >= 0.6 is 0 Å². The van der Waals surface area contributed by atoms with Crippen LogP contribution in [0.15, 0.2) is 30.8 Å². The summed E-state index contributed by atoms with van der Waals surface area (Å²) in [4.78, 5) is 12.9. The Bertz CT molecular complexity index is 726. The number of ether oxygens (including phenoxy) is 4. The number of aliphatic hydroxyl groups excluding tert-OH is 3. The van der Waals surface area contributed by atoms with E-state index >= 15 is 0 Å². The third-order valence-electron chi connectivity index (χ3n) is 5.45. The van der Waals surface area contributed by atoms with Gasteiger partial charge in [-0.15, -0.1) is 0 Å². The zero-order valence-electron chi connectivity index (χ0n) is 20.2. The Hall–Kier alpha value is -1.85. The first kappa shape index (κ1) is 28.4. The maximum absolute atomic E-state index is 11.2. The number of nitrogens with zero attached hydrogens (tertiary/aromatic N) is 1. The van der Waals surface area contributed by atoms with Gasteiger partial charge in [-0.05, 0) is 32.5 Å². The van der Waals surface area contributed by atoms with Crippen LogP contribution in [0, 0.1) is 0 Å². The van der Waals surface area contributed by atoms with E-state index in [1.807, 2.05) is 26.2 Å². The van der Waals surface area contributed by atoms with Crippen LogP contribution in [-0.2, 0) is 23.7 Å². The van der Waals surface area contributed by atoms with Gasteiger partial charge in [-0.3, -0.25) is 9.69 Å². The second kappa shape index (κ2) is 15.2. The molecule has 0 amide bonds. The van der Waals surface area contributed by atoms with E-state index in [0.717, 1.165) is 5.56 Å². The normalized spacial score (nSPS) is 25.7. The van der Waals surface area contributed by atoms with E-state index in [1.54, 1.807) is 23.1 Å². The lowest BCUT2D eigenvalue weighted by molar-refractivity contribution is -0.151. The van der Waals surface area contributed by atoms with Crippen molar-refractivity contribution in [1.82, 2.24) is 4.90 Å². The van der Waals surface area contributed by atoms with Crippen LogP contribution in [0.5, 0.6) is 0 Å². The van der Waals surface area contributed by atoms with Crippen molar-refractivity contribution < 1.29 is 39.1 Å². The van der Waals surface area contributed by atoms with E-state index in [4.69, 9.17) is 18.9 Å². The first-order valence-electron chi connectivity index (χ1n) is 11.7. The molecule has 192 valence electrons. The molecule has 34 heavy (non-hydrogen) atoms. The van der Waals surface area contributed by atoms with Gasteiger partial charge in [-0.2, -0.15) is 0 Å². The number of hydrogen-bond donors (Lipinski definition) is 3. The molecule has 0 spiro atoms. The van der Waals surface area contributed by atoms with Crippen molar-refractivity contribution in [3.05, 3.63) is 42.0 Å². The van der Waals surface area contributed by atoms with Gasteiger partial charge in [0, 0.05) is 31.6 Å². The van der Waals surface area contributed by atoms with Gasteiger partial charge in [-0.25, -0.2) is 0 Å². The van der Waals surface area contributed by atoms with Gasteiger partial charge in [-0.1, -0.05) is 36.9 Å². The fraction of sp³-hybridized carbons (Fsp3) is 0.640. The molecule has 3 N–H and O–H groups in total. The minimum Gasteiger partial charge on any atom is -0.462 e. The summed E-state index contributed by atoms with van der Waals surface area (Å²) in [6, 6.07) is 7.35. The number of benzene rings is 1. The predicted molar refractivity (Wildman–Crippen MR) is 127 cm³/mol. The third-order valence-corrected chi connectivity index (χ3v) is 5.45. The molecule has 5 unspecified atom stereocenters. The molecule has 0 saturated carbocycles. The van der Waals surface area contributed by atoms with E-state index in [-0.39, 0.29) is 50.1 Å². The fourth-order valence-electron chi connectivity index (χ4n) is 3.53. The molecule has 2 heterocycles. The maximum atomic E-state index is 11.2. The number of likely N-dealkylation sites (N-methyl/N-ethyl adjacent to an activating group) is 1. The van der Waals surface area contributed by atoms with Gasteiger partial charge in [0.15, 0.2) is 6.29 Å². The molecule has 3 rings (SSSR count). The summed E-state index contributed by atoms with van der Waals surface area (Å²) in [5.41, 5.74) is 1.69. The molecule has 5 atom stereocenters. The Labute approximate surface area is 201 Å². The van der Waals surface area contributed by atoms with Crippen LogP contribution in [0.2, 0.25) is 0 Å². The molecule has 2 saturated heterocycles. The quantitative estimate of drug-likeness (QED) is 0.356. The summed E-state index contributed by atoms with van der Waals surface area (Å²) in [5, 5.41) is 28.8. The van der Waals surface area contributed by atoms with Gasteiger partial charge in [0.1, 0.15) is 6.61 Å². The van der Waals surface area contributed by atoms with Crippen molar-refractivity contribution in [2.75, 3.05) is 47.1 Å².